The molecule has 0 aromatic rings. The monoisotopic (exact) mass is 327 g/mol. The van der Waals surface area contributed by atoms with E-state index in [9.17, 15) is 9.59 Å². The summed E-state index contributed by atoms with van der Waals surface area (Å²) in [5.74, 6) is -1.25. The molecule has 0 rings (SSSR count). The lowest BCUT2D eigenvalue weighted by atomic mass is 10.2. The molecule has 7 nitrogen and oxygen atoms in total. The minimum absolute atomic E-state index is 0.00794. The van der Waals surface area contributed by atoms with E-state index in [1.54, 1.807) is 30.6 Å². The fraction of sp³-hybridized carbons (Fsp3) is 0.750. The molecule has 1 N–H and O–H groups in total. The van der Waals surface area contributed by atoms with Gasteiger partial charge < -0.3 is 9.84 Å². The van der Waals surface area contributed by atoms with Crippen molar-refractivity contribution in [3.05, 3.63) is 14.1 Å². The summed E-state index contributed by atoms with van der Waals surface area (Å²) in [5, 5.41) is 8.77. The van der Waals surface area contributed by atoms with Crippen molar-refractivity contribution in [1.82, 2.24) is 14.7 Å². The summed E-state index contributed by atoms with van der Waals surface area (Å²) in [7, 11) is 11.6. The molecule has 0 bridgehead atoms. The van der Waals surface area contributed by atoms with Crippen LogP contribution >= 0.6 is 0 Å². The molecule has 0 heterocycles. The van der Waals surface area contributed by atoms with Crippen molar-refractivity contribution in [2.75, 3.05) is 45.8 Å². The number of aliphatic carboxylic acids is 1. The molecule has 132 valence electrons. The molecule has 0 atom stereocenters. The third-order valence-electron chi connectivity index (χ3n) is 2.94. The average Bonchev–Trinajstić information content (AvgIpc) is 2.38. The third kappa shape index (κ3) is 13.0. The van der Waals surface area contributed by atoms with Gasteiger partial charge in [0.1, 0.15) is 5.60 Å². The number of esters is 1. The molecule has 0 aliphatic rings. The van der Waals surface area contributed by atoms with Crippen LogP contribution in [0, 0.1) is 14.1 Å². The quantitative estimate of drug-likeness (QED) is 0.442. The normalized spacial score (nSPS) is 12.2. The molecule has 0 aromatic carbocycles. The summed E-state index contributed by atoms with van der Waals surface area (Å²) in [6.45, 7) is 9.84. The van der Waals surface area contributed by atoms with E-state index in [1.807, 2.05) is 6.92 Å². The average molecular weight is 327 g/mol. The molecule has 0 amide bonds. The maximum atomic E-state index is 11.6. The van der Waals surface area contributed by atoms with E-state index < -0.39 is 11.6 Å². The first-order valence-electron chi connectivity index (χ1n) is 7.68. The van der Waals surface area contributed by atoms with Gasteiger partial charge in [-0.1, -0.05) is 6.92 Å². The molecular weight excluding hydrogens is 298 g/mol. The lowest BCUT2D eigenvalue weighted by Gasteiger charge is -2.25. The third-order valence-corrected chi connectivity index (χ3v) is 2.94. The number of hydrogen-bond donors (Lipinski definition) is 1. The fourth-order valence-corrected chi connectivity index (χ4v) is 1.80. The smallest absolute Gasteiger partial charge is 0.320 e. The standard InChI is InChI=1S/C16H29N3O4/c1-7-19(12-14(20)21)11-10-17(5)8-9-18(6)13-15(22)23-16(2,3)4/h5-6H,7-13H2,1-4H3,(H,20,21). The number of carbonyl (C=O) groups excluding carboxylic acids is 1. The molecule has 7 heteroatoms. The molecule has 0 unspecified atom stereocenters. The Morgan fingerprint density at radius 2 is 1.52 bits per heavy atom. The van der Waals surface area contributed by atoms with Crippen LogP contribution in [0.25, 0.3) is 0 Å². The summed E-state index contributed by atoms with van der Waals surface area (Å²) in [6.07, 6.45) is 0. The van der Waals surface area contributed by atoms with Gasteiger partial charge in [0, 0.05) is 40.3 Å². The van der Waals surface area contributed by atoms with Crippen molar-refractivity contribution >= 4 is 11.9 Å². The number of rotatable bonds is 11. The lowest BCUT2D eigenvalue weighted by molar-refractivity contribution is -0.155. The van der Waals surface area contributed by atoms with E-state index in [2.05, 4.69) is 0 Å². The molecule has 4 radical (unpaired) electrons. The van der Waals surface area contributed by atoms with Gasteiger partial charge in [-0.05, 0) is 27.3 Å². The summed E-state index contributed by atoms with van der Waals surface area (Å²) >= 11 is 0. The Labute approximate surface area is 140 Å². The number of hydrogen-bond acceptors (Lipinski definition) is 6. The molecule has 0 fully saturated rings. The van der Waals surface area contributed by atoms with E-state index in [0.29, 0.717) is 32.7 Å². The van der Waals surface area contributed by atoms with Crippen LogP contribution in [0.5, 0.6) is 0 Å². The van der Waals surface area contributed by atoms with Gasteiger partial charge in [0.15, 0.2) is 0 Å². The van der Waals surface area contributed by atoms with Crippen LogP contribution in [0.3, 0.4) is 0 Å². The molecule has 0 saturated heterocycles. The number of ether oxygens (including phenoxy) is 1. The molecule has 0 aliphatic heterocycles. The minimum atomic E-state index is -0.860. The molecule has 0 spiro atoms. The van der Waals surface area contributed by atoms with E-state index in [1.165, 1.54) is 4.90 Å². The van der Waals surface area contributed by atoms with Gasteiger partial charge in [-0.25, -0.2) is 0 Å². The van der Waals surface area contributed by atoms with Crippen LogP contribution in [0.15, 0.2) is 0 Å². The molecule has 0 saturated carbocycles. The van der Waals surface area contributed by atoms with Gasteiger partial charge in [-0.15, -0.1) is 0 Å². The first-order valence-corrected chi connectivity index (χ1v) is 7.68. The van der Waals surface area contributed by atoms with Gasteiger partial charge in [-0.3, -0.25) is 24.3 Å². The molecule has 0 aromatic heterocycles. The highest BCUT2D eigenvalue weighted by Gasteiger charge is 2.17. The topological polar surface area (TPSA) is 73.3 Å². The first kappa shape index (κ1) is 21.8. The van der Waals surface area contributed by atoms with Gasteiger partial charge in [0.25, 0.3) is 0 Å². The van der Waals surface area contributed by atoms with Crippen LogP contribution in [-0.4, -0.2) is 83.2 Å². The summed E-state index contributed by atoms with van der Waals surface area (Å²) in [5.41, 5.74) is -0.536. The number of likely N-dealkylation sites (N-methyl/N-ethyl adjacent to an activating group) is 1. The number of carbonyl (C=O) groups is 2. The highest BCUT2D eigenvalue weighted by atomic mass is 16.6. The van der Waals surface area contributed by atoms with Crippen LogP contribution in [0.1, 0.15) is 27.7 Å². The highest BCUT2D eigenvalue weighted by Crippen LogP contribution is 2.07. The Morgan fingerprint density at radius 3 is 2.00 bits per heavy atom. The second-order valence-electron chi connectivity index (χ2n) is 6.36. The Hall–Kier alpha value is -1.18. The maximum Gasteiger partial charge on any atom is 0.320 e. The molecular formula is C16H29N3O4. The zero-order valence-corrected chi connectivity index (χ0v) is 14.6. The van der Waals surface area contributed by atoms with Crippen molar-refractivity contribution in [3.8, 4) is 0 Å². The van der Waals surface area contributed by atoms with Crippen molar-refractivity contribution in [3.63, 3.8) is 0 Å². The van der Waals surface area contributed by atoms with E-state index in [0.717, 1.165) is 0 Å². The second-order valence-corrected chi connectivity index (χ2v) is 6.36. The van der Waals surface area contributed by atoms with Gasteiger partial charge >= 0.3 is 11.9 Å². The first-order chi connectivity index (χ1) is 10.5. The van der Waals surface area contributed by atoms with Gasteiger partial charge in [0.05, 0.1) is 13.1 Å². The van der Waals surface area contributed by atoms with Crippen molar-refractivity contribution in [2.24, 2.45) is 0 Å². The minimum Gasteiger partial charge on any atom is -0.480 e. The predicted molar refractivity (Wildman–Crippen MR) is 87.3 cm³/mol. The van der Waals surface area contributed by atoms with Gasteiger partial charge in [-0.2, -0.15) is 0 Å². The Bertz CT molecular complexity index is 369. The lowest BCUT2D eigenvalue weighted by Crippen LogP contribution is -2.39. The second kappa shape index (κ2) is 10.6. The number of carboxylic acid groups (broad SMARTS) is 1. The molecule has 23 heavy (non-hydrogen) atoms. The zero-order valence-electron chi connectivity index (χ0n) is 14.6. The Balaban J connectivity index is 3.97. The van der Waals surface area contributed by atoms with E-state index >= 15 is 0 Å². The molecule has 0 aliphatic carbocycles. The van der Waals surface area contributed by atoms with Crippen LogP contribution in [0.2, 0.25) is 0 Å². The number of nitrogens with zero attached hydrogens (tertiary/aromatic N) is 3. The van der Waals surface area contributed by atoms with Crippen LogP contribution in [-0.2, 0) is 14.3 Å². The highest BCUT2D eigenvalue weighted by molar-refractivity contribution is 5.72. The van der Waals surface area contributed by atoms with Crippen molar-refractivity contribution < 1.29 is 19.4 Å². The zero-order chi connectivity index (χ0) is 18.0. The largest absolute Gasteiger partial charge is 0.480 e. The van der Waals surface area contributed by atoms with Crippen LogP contribution < -0.4 is 0 Å². The number of carboxylic acids is 1. The summed E-state index contributed by atoms with van der Waals surface area (Å²) in [4.78, 5) is 27.0. The van der Waals surface area contributed by atoms with Gasteiger partial charge in [0.2, 0.25) is 0 Å². The maximum absolute atomic E-state index is 11.6. The van der Waals surface area contributed by atoms with E-state index in [-0.39, 0.29) is 19.1 Å². The Kier molecular flexibility index (Phi) is 10.0. The van der Waals surface area contributed by atoms with Crippen molar-refractivity contribution in [1.29, 1.82) is 0 Å². The summed E-state index contributed by atoms with van der Waals surface area (Å²) in [6, 6.07) is 0. The fourth-order valence-electron chi connectivity index (χ4n) is 1.80. The summed E-state index contributed by atoms with van der Waals surface area (Å²) < 4.78 is 5.18. The Morgan fingerprint density at radius 1 is 1.00 bits per heavy atom. The van der Waals surface area contributed by atoms with Crippen LogP contribution in [0.4, 0.5) is 0 Å². The predicted octanol–water partition coefficient (Wildman–Crippen LogP) is 0.676. The van der Waals surface area contributed by atoms with E-state index in [4.69, 9.17) is 23.9 Å². The van der Waals surface area contributed by atoms with Crippen molar-refractivity contribution in [2.45, 2.75) is 33.3 Å². The SMILES string of the molecule is [CH]N(CCN([CH])CC(=O)OC(C)(C)C)CCN(CC)CC(=O)O.